The first kappa shape index (κ1) is 29.4. The highest BCUT2D eigenvalue weighted by Gasteiger charge is 2.57. The van der Waals surface area contributed by atoms with Gasteiger partial charge in [-0.1, -0.05) is 18.2 Å². The molecule has 1 fully saturated rings. The molecule has 208 valence electrons. The van der Waals surface area contributed by atoms with Crippen molar-refractivity contribution in [2.45, 2.75) is 63.4 Å². The van der Waals surface area contributed by atoms with Gasteiger partial charge in [-0.3, -0.25) is 23.8 Å². The van der Waals surface area contributed by atoms with Crippen LogP contribution >= 0.6 is 7.75 Å². The highest BCUT2D eigenvalue weighted by molar-refractivity contribution is 7.52. The van der Waals surface area contributed by atoms with Crippen LogP contribution in [-0.2, 0) is 37.7 Å². The number of carbonyl (C=O) groups is 4. The normalized spacial score (nSPS) is 28.4. The minimum absolute atomic E-state index is 0.0672. The van der Waals surface area contributed by atoms with Crippen molar-refractivity contribution in [2.75, 3.05) is 6.61 Å². The first-order valence-electron chi connectivity index (χ1n) is 11.5. The van der Waals surface area contributed by atoms with E-state index >= 15 is 4.39 Å². The summed E-state index contributed by atoms with van der Waals surface area (Å²) in [5.41, 5.74) is -2.50. The van der Waals surface area contributed by atoms with Gasteiger partial charge in [0, 0.05) is 6.20 Å². The first-order valence-corrected chi connectivity index (χ1v) is 13.0. The lowest BCUT2D eigenvalue weighted by molar-refractivity contribution is -0.163. The van der Waals surface area contributed by atoms with Crippen molar-refractivity contribution >= 4 is 31.4 Å². The highest BCUT2D eigenvalue weighted by Crippen LogP contribution is 2.46. The molecule has 2 heterocycles. The third-order valence-electron chi connectivity index (χ3n) is 5.73. The quantitative estimate of drug-likeness (QED) is 0.202. The maximum Gasteiger partial charge on any atom is 0.459 e. The van der Waals surface area contributed by atoms with E-state index in [1.807, 2.05) is 0 Å². The Morgan fingerprint density at radius 1 is 1.29 bits per heavy atom. The molecule has 1 aromatic rings. The number of halogens is 1. The largest absolute Gasteiger partial charge is 0.479 e. The number of alkyl halides is 1. The Labute approximate surface area is 217 Å². The van der Waals surface area contributed by atoms with Gasteiger partial charge in [-0.25, -0.2) is 13.8 Å². The van der Waals surface area contributed by atoms with Crippen LogP contribution < -0.4 is 9.61 Å². The predicted octanol–water partition coefficient (Wildman–Crippen LogP) is 1.31. The van der Waals surface area contributed by atoms with Crippen LogP contribution in [-0.4, -0.2) is 81.6 Å². The number of para-hydroxylation sites is 1. The van der Waals surface area contributed by atoms with Gasteiger partial charge in [-0.15, -0.1) is 0 Å². The second-order valence-electron chi connectivity index (χ2n) is 8.85. The molecule has 2 aliphatic rings. The van der Waals surface area contributed by atoms with E-state index < -0.39 is 80.7 Å². The molecular weight excluding hydrogens is 530 g/mol. The number of esters is 1. The Hall–Kier alpha value is -3.16. The van der Waals surface area contributed by atoms with Gasteiger partial charge in [-0.2, -0.15) is 5.09 Å². The van der Waals surface area contributed by atoms with E-state index in [1.54, 1.807) is 18.2 Å². The van der Waals surface area contributed by atoms with E-state index in [-0.39, 0.29) is 5.75 Å². The number of nitrogens with zero attached hydrogens (tertiary/aromatic N) is 1. The van der Waals surface area contributed by atoms with Crippen molar-refractivity contribution < 1.29 is 56.9 Å². The van der Waals surface area contributed by atoms with Gasteiger partial charge in [0.05, 0.1) is 13.0 Å². The lowest BCUT2D eigenvalue weighted by Crippen LogP contribution is -2.51. The van der Waals surface area contributed by atoms with Gasteiger partial charge in [0.25, 0.3) is 0 Å². The minimum Gasteiger partial charge on any atom is -0.479 e. The third-order valence-corrected chi connectivity index (χ3v) is 7.37. The Balaban J connectivity index is 1.76. The molecule has 0 aromatic heterocycles. The number of hydrogen-bond donors (Lipinski definition) is 3. The number of amides is 1. The molecule has 0 bridgehead atoms. The number of carboxylic acid groups (broad SMARTS) is 1. The van der Waals surface area contributed by atoms with E-state index in [9.17, 15) is 28.8 Å². The number of allylic oxidation sites excluding steroid dienone is 1. The molecule has 0 saturated carbocycles. The summed E-state index contributed by atoms with van der Waals surface area (Å²) < 4.78 is 50.2. The Morgan fingerprint density at radius 3 is 2.55 bits per heavy atom. The fraction of sp³-hybridized carbons (Fsp3) is 0.478. The molecule has 7 atom stereocenters. The topological polar surface area (TPSA) is 178 Å². The van der Waals surface area contributed by atoms with Gasteiger partial charge < -0.3 is 24.2 Å². The SMILES string of the molecule is C[C@H](N[P@](=O)(OC[C@H]1O[C@@H](N2C=CC(=O)CC2=O)[C@](C)(F)[C@@H]1O)Oc1ccccc1)C(=O)O[C@@H](C)C(=O)O. The molecule has 0 unspecified atom stereocenters. The zero-order valence-electron chi connectivity index (χ0n) is 20.7. The predicted molar refractivity (Wildman–Crippen MR) is 126 cm³/mol. The van der Waals surface area contributed by atoms with Crippen molar-refractivity contribution in [3.8, 4) is 5.75 Å². The number of rotatable bonds is 11. The van der Waals surface area contributed by atoms with Gasteiger partial charge in [0.2, 0.25) is 5.91 Å². The fourth-order valence-electron chi connectivity index (χ4n) is 3.60. The molecule has 13 nitrogen and oxygen atoms in total. The third kappa shape index (κ3) is 6.83. The van der Waals surface area contributed by atoms with Crippen molar-refractivity contribution in [1.82, 2.24) is 9.99 Å². The second-order valence-corrected chi connectivity index (χ2v) is 10.5. The Morgan fingerprint density at radius 2 is 1.95 bits per heavy atom. The number of carboxylic acids is 1. The second kappa shape index (κ2) is 11.7. The summed E-state index contributed by atoms with van der Waals surface area (Å²) >= 11 is 0. The molecule has 3 rings (SSSR count). The summed E-state index contributed by atoms with van der Waals surface area (Å²) in [6.07, 6.45) is -4.76. The van der Waals surface area contributed by atoms with Crippen LogP contribution in [0, 0.1) is 0 Å². The Bertz CT molecular complexity index is 1150. The molecule has 2 aliphatic heterocycles. The molecule has 0 radical (unpaired) electrons. The van der Waals surface area contributed by atoms with E-state index in [2.05, 4.69) is 5.09 Å². The van der Waals surface area contributed by atoms with E-state index in [0.717, 1.165) is 31.0 Å². The lowest BCUT2D eigenvalue weighted by Gasteiger charge is -2.32. The van der Waals surface area contributed by atoms with Crippen LogP contribution in [0.3, 0.4) is 0 Å². The smallest absolute Gasteiger partial charge is 0.459 e. The molecule has 0 spiro atoms. The van der Waals surface area contributed by atoms with Crippen molar-refractivity contribution in [2.24, 2.45) is 0 Å². The lowest BCUT2D eigenvalue weighted by atomic mass is 9.97. The maximum atomic E-state index is 15.5. The van der Waals surface area contributed by atoms with Gasteiger partial charge in [0.15, 0.2) is 23.8 Å². The average Bonchev–Trinajstić information content (AvgIpc) is 3.06. The molecule has 1 saturated heterocycles. The number of aliphatic carboxylic acids is 1. The number of nitrogens with one attached hydrogen (secondary N) is 1. The van der Waals surface area contributed by atoms with Gasteiger partial charge in [0.1, 0.15) is 24.0 Å². The summed E-state index contributed by atoms with van der Waals surface area (Å²) in [5.74, 6) is -3.60. The van der Waals surface area contributed by atoms with Gasteiger partial charge >= 0.3 is 19.7 Å². The Kier molecular flexibility index (Phi) is 9.05. The number of hydrogen-bond acceptors (Lipinski definition) is 10. The molecule has 15 heteroatoms. The summed E-state index contributed by atoms with van der Waals surface area (Å²) in [4.78, 5) is 47.8. The van der Waals surface area contributed by atoms with Crippen molar-refractivity contribution in [3.63, 3.8) is 0 Å². The summed E-state index contributed by atoms with van der Waals surface area (Å²) in [6.45, 7) is 2.64. The molecule has 3 N–H and O–H groups in total. The summed E-state index contributed by atoms with van der Waals surface area (Å²) in [7, 11) is -4.46. The molecule has 1 amide bonds. The van der Waals surface area contributed by atoms with Crippen LogP contribution in [0.2, 0.25) is 0 Å². The number of ketones is 1. The van der Waals surface area contributed by atoms with Crippen LogP contribution in [0.1, 0.15) is 27.2 Å². The number of carbonyl (C=O) groups excluding carboxylic acids is 3. The molecule has 0 aliphatic carbocycles. The van der Waals surface area contributed by atoms with E-state index in [0.29, 0.717) is 0 Å². The van der Waals surface area contributed by atoms with Crippen molar-refractivity contribution in [3.05, 3.63) is 42.6 Å². The van der Waals surface area contributed by atoms with Crippen LogP contribution in [0.15, 0.2) is 42.6 Å². The number of aliphatic hydroxyl groups excluding tert-OH is 1. The van der Waals surface area contributed by atoms with Crippen LogP contribution in [0.5, 0.6) is 5.75 Å². The monoisotopic (exact) mass is 558 g/mol. The van der Waals surface area contributed by atoms with E-state index in [1.165, 1.54) is 19.1 Å². The minimum atomic E-state index is -4.46. The average molecular weight is 558 g/mol. The molecular formula is C23H28FN2O11P. The standard InChI is InChI=1S/C23H28FN2O11P/c1-13(21(32)35-14(2)20(30)31)25-38(33,37-16-7-5-4-6-8-16)34-12-17-19(29)23(3,24)22(36-17)26-10-9-15(27)11-18(26)28/h4-10,13-14,17,19,22,29H,11-12H2,1-3H3,(H,25,33)(H,30,31)/t13-,14-,17+,19+,22+,23+,38-/m0/s1. The number of ether oxygens (including phenoxy) is 2. The number of aliphatic hydroxyl groups is 1. The molecule has 1 aromatic carbocycles. The zero-order valence-corrected chi connectivity index (χ0v) is 21.6. The number of benzene rings is 1. The van der Waals surface area contributed by atoms with Gasteiger partial charge in [-0.05, 0) is 39.0 Å². The van der Waals surface area contributed by atoms with Crippen LogP contribution in [0.4, 0.5) is 4.39 Å². The fourth-order valence-corrected chi connectivity index (χ4v) is 5.11. The van der Waals surface area contributed by atoms with Crippen LogP contribution in [0.25, 0.3) is 0 Å². The highest BCUT2D eigenvalue weighted by atomic mass is 31.2. The molecule has 38 heavy (non-hydrogen) atoms. The summed E-state index contributed by atoms with van der Waals surface area (Å²) in [6, 6.07) is 6.31. The zero-order chi connectivity index (χ0) is 28.3. The van der Waals surface area contributed by atoms with E-state index in [4.69, 9.17) is 23.6 Å². The first-order chi connectivity index (χ1) is 17.7. The van der Waals surface area contributed by atoms with Crippen molar-refractivity contribution in [1.29, 1.82) is 0 Å². The maximum absolute atomic E-state index is 15.5. The summed E-state index contributed by atoms with van der Waals surface area (Å²) in [5, 5.41) is 21.8.